The molecule has 25 heavy (non-hydrogen) atoms. The lowest BCUT2D eigenvalue weighted by Gasteiger charge is -2.37. The standard InChI is InChI=1S/C19H32N4OS/c1-20-18(21-13-16-14-23(2)10-11-24-16)22-15-19(8-4-3-5-9-19)17-7-6-12-25-17/h6-7,12,16H,3-5,8-11,13-15H2,1-2H3,(H2,20,21,22). The molecule has 2 fully saturated rings. The van der Waals surface area contributed by atoms with Gasteiger partial charge in [0, 0.05) is 43.5 Å². The zero-order valence-electron chi connectivity index (χ0n) is 15.6. The molecule has 0 aromatic carbocycles. The number of ether oxygens (including phenoxy) is 1. The highest BCUT2D eigenvalue weighted by Crippen LogP contribution is 2.41. The lowest BCUT2D eigenvalue weighted by molar-refractivity contribution is -0.0161. The monoisotopic (exact) mass is 364 g/mol. The number of aliphatic imine (C=N–C) groups is 1. The summed E-state index contributed by atoms with van der Waals surface area (Å²) in [4.78, 5) is 8.26. The van der Waals surface area contributed by atoms with Crippen molar-refractivity contribution in [1.82, 2.24) is 15.5 Å². The number of nitrogens with one attached hydrogen (secondary N) is 2. The quantitative estimate of drug-likeness (QED) is 0.622. The molecule has 3 rings (SSSR count). The molecular formula is C19H32N4OS. The molecule has 1 saturated heterocycles. The summed E-state index contributed by atoms with van der Waals surface area (Å²) < 4.78 is 5.83. The molecule has 2 aliphatic rings. The highest BCUT2D eigenvalue weighted by molar-refractivity contribution is 7.10. The zero-order chi connectivity index (χ0) is 17.5. The van der Waals surface area contributed by atoms with Gasteiger partial charge in [-0.25, -0.2) is 0 Å². The normalized spacial score (nSPS) is 24.9. The van der Waals surface area contributed by atoms with Crippen molar-refractivity contribution >= 4 is 17.3 Å². The van der Waals surface area contributed by atoms with Crippen LogP contribution in [0, 0.1) is 0 Å². The Morgan fingerprint density at radius 1 is 1.36 bits per heavy atom. The fraction of sp³-hybridized carbons (Fsp3) is 0.737. The second-order valence-corrected chi connectivity index (χ2v) is 8.33. The van der Waals surface area contributed by atoms with Crippen LogP contribution in [-0.4, -0.2) is 63.8 Å². The molecular weight excluding hydrogens is 332 g/mol. The molecule has 1 aliphatic heterocycles. The number of thiophene rings is 1. The molecule has 1 aromatic heterocycles. The predicted molar refractivity (Wildman–Crippen MR) is 106 cm³/mol. The molecule has 1 atom stereocenters. The molecule has 0 radical (unpaired) electrons. The third-order valence-corrected chi connectivity index (χ3v) is 6.63. The van der Waals surface area contributed by atoms with Crippen molar-refractivity contribution in [2.45, 2.75) is 43.6 Å². The lowest BCUT2D eigenvalue weighted by atomic mass is 9.73. The first-order valence-corrected chi connectivity index (χ1v) is 10.4. The summed E-state index contributed by atoms with van der Waals surface area (Å²) in [5, 5.41) is 9.25. The van der Waals surface area contributed by atoms with Crippen LogP contribution in [-0.2, 0) is 10.2 Å². The van der Waals surface area contributed by atoms with E-state index in [1.807, 2.05) is 18.4 Å². The van der Waals surface area contributed by atoms with E-state index in [0.29, 0.717) is 0 Å². The molecule has 1 saturated carbocycles. The second-order valence-electron chi connectivity index (χ2n) is 7.38. The van der Waals surface area contributed by atoms with Gasteiger partial charge >= 0.3 is 0 Å². The lowest BCUT2D eigenvalue weighted by Crippen LogP contribution is -2.50. The summed E-state index contributed by atoms with van der Waals surface area (Å²) in [6.07, 6.45) is 6.80. The van der Waals surface area contributed by atoms with Crippen LogP contribution in [0.5, 0.6) is 0 Å². The first kappa shape index (κ1) is 18.7. The number of rotatable bonds is 5. The molecule has 0 amide bonds. The average Bonchev–Trinajstić information content (AvgIpc) is 3.18. The third kappa shape index (κ3) is 4.96. The number of morpholine rings is 1. The number of guanidine groups is 1. The Labute approximate surface area is 155 Å². The highest BCUT2D eigenvalue weighted by atomic mass is 32.1. The van der Waals surface area contributed by atoms with Gasteiger partial charge in [-0.3, -0.25) is 4.99 Å². The van der Waals surface area contributed by atoms with Crippen molar-refractivity contribution in [3.8, 4) is 0 Å². The van der Waals surface area contributed by atoms with Gasteiger partial charge < -0.3 is 20.3 Å². The first-order chi connectivity index (χ1) is 12.2. The van der Waals surface area contributed by atoms with E-state index in [0.717, 1.165) is 38.7 Å². The van der Waals surface area contributed by atoms with Gasteiger partial charge in [0.1, 0.15) is 0 Å². The minimum Gasteiger partial charge on any atom is -0.374 e. The maximum Gasteiger partial charge on any atom is 0.191 e. The van der Waals surface area contributed by atoms with Crippen molar-refractivity contribution in [3.05, 3.63) is 22.4 Å². The molecule has 0 bridgehead atoms. The summed E-state index contributed by atoms with van der Waals surface area (Å²) in [5.41, 5.74) is 0.269. The number of nitrogens with zero attached hydrogens (tertiary/aromatic N) is 2. The van der Waals surface area contributed by atoms with Gasteiger partial charge in [0.15, 0.2) is 5.96 Å². The fourth-order valence-corrected chi connectivity index (χ4v) is 4.98. The van der Waals surface area contributed by atoms with Crippen molar-refractivity contribution < 1.29 is 4.74 Å². The molecule has 2 heterocycles. The Balaban J connectivity index is 1.54. The molecule has 5 nitrogen and oxygen atoms in total. The molecule has 1 aliphatic carbocycles. The van der Waals surface area contributed by atoms with Crippen LogP contribution < -0.4 is 10.6 Å². The van der Waals surface area contributed by atoms with Crippen LogP contribution >= 0.6 is 11.3 Å². The van der Waals surface area contributed by atoms with Crippen molar-refractivity contribution in [3.63, 3.8) is 0 Å². The van der Waals surface area contributed by atoms with Gasteiger partial charge in [0.05, 0.1) is 12.7 Å². The van der Waals surface area contributed by atoms with Gasteiger partial charge in [-0.2, -0.15) is 0 Å². The van der Waals surface area contributed by atoms with Crippen LogP contribution in [0.15, 0.2) is 22.5 Å². The van der Waals surface area contributed by atoms with E-state index in [9.17, 15) is 0 Å². The zero-order valence-corrected chi connectivity index (χ0v) is 16.4. The minimum absolute atomic E-state index is 0.234. The third-order valence-electron chi connectivity index (χ3n) is 5.51. The van der Waals surface area contributed by atoms with Gasteiger partial charge in [-0.15, -0.1) is 11.3 Å². The summed E-state index contributed by atoms with van der Waals surface area (Å²) >= 11 is 1.90. The SMILES string of the molecule is CN=C(NCC1CN(C)CCO1)NCC1(c2cccs2)CCCCC1. The fourth-order valence-electron chi connectivity index (χ4n) is 3.99. The van der Waals surface area contributed by atoms with Gasteiger partial charge in [0.25, 0.3) is 0 Å². The summed E-state index contributed by atoms with van der Waals surface area (Å²) in [7, 11) is 4.00. The molecule has 6 heteroatoms. The maximum atomic E-state index is 5.83. The Kier molecular flexibility index (Phi) is 6.73. The van der Waals surface area contributed by atoms with Gasteiger partial charge in [0.2, 0.25) is 0 Å². The molecule has 0 spiro atoms. The predicted octanol–water partition coefficient (Wildman–Crippen LogP) is 2.45. The van der Waals surface area contributed by atoms with E-state index in [-0.39, 0.29) is 11.5 Å². The Morgan fingerprint density at radius 2 is 2.20 bits per heavy atom. The van der Waals surface area contributed by atoms with Crippen LogP contribution in [0.25, 0.3) is 0 Å². The van der Waals surface area contributed by atoms with E-state index < -0.39 is 0 Å². The summed E-state index contributed by atoms with van der Waals surface area (Å²) in [5.74, 6) is 0.887. The second kappa shape index (κ2) is 9.01. The maximum absolute atomic E-state index is 5.83. The molecule has 1 aromatic rings. The average molecular weight is 365 g/mol. The Hall–Kier alpha value is -1.11. The molecule has 140 valence electrons. The van der Waals surface area contributed by atoms with E-state index in [2.05, 4.69) is 45.1 Å². The topological polar surface area (TPSA) is 48.9 Å². The van der Waals surface area contributed by atoms with Crippen molar-refractivity contribution in [2.75, 3.05) is 46.9 Å². The number of hydrogen-bond acceptors (Lipinski definition) is 4. The van der Waals surface area contributed by atoms with Crippen LogP contribution in [0.3, 0.4) is 0 Å². The Morgan fingerprint density at radius 3 is 2.88 bits per heavy atom. The summed E-state index contributed by atoms with van der Waals surface area (Å²) in [6, 6.07) is 4.49. The Bertz CT molecular complexity index is 540. The van der Waals surface area contributed by atoms with Crippen molar-refractivity contribution in [2.24, 2.45) is 4.99 Å². The van der Waals surface area contributed by atoms with Crippen molar-refractivity contribution in [1.29, 1.82) is 0 Å². The van der Waals surface area contributed by atoms with E-state index in [4.69, 9.17) is 4.74 Å². The molecule has 2 N–H and O–H groups in total. The highest BCUT2D eigenvalue weighted by Gasteiger charge is 2.34. The van der Waals surface area contributed by atoms with Crippen LogP contribution in [0.2, 0.25) is 0 Å². The van der Waals surface area contributed by atoms with Crippen LogP contribution in [0.4, 0.5) is 0 Å². The minimum atomic E-state index is 0.234. The van der Waals surface area contributed by atoms with Gasteiger partial charge in [-0.05, 0) is 31.3 Å². The molecule has 1 unspecified atom stereocenters. The smallest absolute Gasteiger partial charge is 0.191 e. The van der Waals surface area contributed by atoms with E-state index in [1.54, 1.807) is 0 Å². The largest absolute Gasteiger partial charge is 0.374 e. The number of likely N-dealkylation sites (N-methyl/N-ethyl adjacent to an activating group) is 1. The number of hydrogen-bond donors (Lipinski definition) is 2. The van der Waals surface area contributed by atoms with E-state index >= 15 is 0 Å². The first-order valence-electron chi connectivity index (χ1n) is 9.50. The van der Waals surface area contributed by atoms with Gasteiger partial charge in [-0.1, -0.05) is 25.3 Å². The van der Waals surface area contributed by atoms with E-state index in [1.165, 1.54) is 37.0 Å². The van der Waals surface area contributed by atoms with Crippen LogP contribution in [0.1, 0.15) is 37.0 Å². The summed E-state index contributed by atoms with van der Waals surface area (Å²) in [6.45, 7) is 4.57.